The van der Waals surface area contributed by atoms with Gasteiger partial charge in [-0.25, -0.2) is 13.4 Å². The SMILES string of the molecule is Cc1ccc(N2CN(CCC(C)C)S(=O)(=O)c3cccnc32)cc1. The van der Waals surface area contributed by atoms with E-state index in [4.69, 9.17) is 0 Å². The summed E-state index contributed by atoms with van der Waals surface area (Å²) < 4.78 is 27.4. The van der Waals surface area contributed by atoms with E-state index in [-0.39, 0.29) is 4.90 Å². The molecule has 2 aromatic rings. The van der Waals surface area contributed by atoms with Crippen molar-refractivity contribution in [1.29, 1.82) is 0 Å². The number of fused-ring (bicyclic) bond motifs is 1. The van der Waals surface area contributed by atoms with Gasteiger partial charge in [0, 0.05) is 18.4 Å². The number of aryl methyl sites for hydroxylation is 1. The number of benzene rings is 1. The van der Waals surface area contributed by atoms with Gasteiger partial charge in [0.1, 0.15) is 4.90 Å². The second-order valence-corrected chi connectivity index (χ2v) is 8.50. The van der Waals surface area contributed by atoms with Crippen molar-refractivity contribution < 1.29 is 8.42 Å². The molecule has 0 atom stereocenters. The Hall–Kier alpha value is -1.92. The highest BCUT2D eigenvalue weighted by Crippen LogP contribution is 2.36. The molecule has 0 saturated heterocycles. The second-order valence-electron chi connectivity index (χ2n) is 6.59. The lowest BCUT2D eigenvalue weighted by Gasteiger charge is -2.36. The minimum absolute atomic E-state index is 0.278. The Morgan fingerprint density at radius 1 is 1.17 bits per heavy atom. The Balaban J connectivity index is 2.05. The average molecular weight is 345 g/mol. The van der Waals surface area contributed by atoms with Crippen LogP contribution in [0.4, 0.5) is 11.5 Å². The Labute approximate surface area is 144 Å². The lowest BCUT2D eigenvalue weighted by atomic mass is 10.1. The minimum Gasteiger partial charge on any atom is -0.311 e. The summed E-state index contributed by atoms with van der Waals surface area (Å²) in [5.41, 5.74) is 2.12. The molecule has 0 bridgehead atoms. The van der Waals surface area contributed by atoms with E-state index < -0.39 is 10.0 Å². The van der Waals surface area contributed by atoms with Crippen molar-refractivity contribution in [3.8, 4) is 0 Å². The molecule has 1 aromatic heterocycles. The fraction of sp³-hybridized carbons (Fsp3) is 0.389. The molecule has 1 aromatic carbocycles. The molecule has 5 nitrogen and oxygen atoms in total. The monoisotopic (exact) mass is 345 g/mol. The fourth-order valence-electron chi connectivity index (χ4n) is 2.75. The fourth-order valence-corrected chi connectivity index (χ4v) is 4.28. The van der Waals surface area contributed by atoms with Crippen LogP contribution in [0.25, 0.3) is 0 Å². The molecule has 1 aliphatic heterocycles. The van der Waals surface area contributed by atoms with Gasteiger partial charge in [0.25, 0.3) is 0 Å². The summed E-state index contributed by atoms with van der Waals surface area (Å²) in [5.74, 6) is 0.950. The highest BCUT2D eigenvalue weighted by atomic mass is 32.2. The van der Waals surface area contributed by atoms with Crippen LogP contribution >= 0.6 is 0 Å². The van der Waals surface area contributed by atoms with Crippen molar-refractivity contribution >= 4 is 21.5 Å². The van der Waals surface area contributed by atoms with E-state index in [1.807, 2.05) is 36.1 Å². The van der Waals surface area contributed by atoms with Crippen LogP contribution < -0.4 is 4.90 Å². The summed E-state index contributed by atoms with van der Waals surface area (Å²) in [6, 6.07) is 11.4. The predicted octanol–water partition coefficient (Wildman–Crippen LogP) is 3.54. The van der Waals surface area contributed by atoms with Gasteiger partial charge in [-0.2, -0.15) is 4.31 Å². The lowest BCUT2D eigenvalue weighted by molar-refractivity contribution is 0.377. The number of pyridine rings is 1. The van der Waals surface area contributed by atoms with Gasteiger partial charge in [0.15, 0.2) is 5.82 Å². The molecule has 0 spiro atoms. The van der Waals surface area contributed by atoms with Crippen LogP contribution in [-0.2, 0) is 10.0 Å². The van der Waals surface area contributed by atoms with Gasteiger partial charge in [-0.05, 0) is 43.5 Å². The van der Waals surface area contributed by atoms with Crippen molar-refractivity contribution in [2.24, 2.45) is 5.92 Å². The number of aromatic nitrogens is 1. The zero-order valence-corrected chi connectivity index (χ0v) is 15.1. The van der Waals surface area contributed by atoms with Crippen LogP contribution in [-0.4, -0.2) is 30.9 Å². The van der Waals surface area contributed by atoms with Crippen molar-refractivity contribution in [3.05, 3.63) is 48.2 Å². The van der Waals surface area contributed by atoms with E-state index in [9.17, 15) is 8.42 Å². The smallest absolute Gasteiger partial charge is 0.248 e. The van der Waals surface area contributed by atoms with Gasteiger partial charge in [0.2, 0.25) is 10.0 Å². The number of anilines is 2. The summed E-state index contributed by atoms with van der Waals surface area (Å²) in [4.78, 5) is 6.59. The van der Waals surface area contributed by atoms with Gasteiger partial charge in [-0.15, -0.1) is 0 Å². The van der Waals surface area contributed by atoms with Crippen molar-refractivity contribution in [1.82, 2.24) is 9.29 Å². The first-order valence-electron chi connectivity index (χ1n) is 8.19. The zero-order valence-electron chi connectivity index (χ0n) is 14.3. The minimum atomic E-state index is -3.50. The molecular weight excluding hydrogens is 322 g/mol. The van der Waals surface area contributed by atoms with Crippen molar-refractivity contribution in [2.45, 2.75) is 32.1 Å². The van der Waals surface area contributed by atoms with Crippen LogP contribution in [0.2, 0.25) is 0 Å². The summed E-state index contributed by atoms with van der Waals surface area (Å²) in [6.45, 7) is 7.04. The van der Waals surface area contributed by atoms with Crippen LogP contribution in [0.1, 0.15) is 25.8 Å². The molecular formula is C18H23N3O2S. The van der Waals surface area contributed by atoms with Gasteiger partial charge in [-0.3, -0.25) is 0 Å². The standard InChI is InChI=1S/C18H23N3O2S/c1-14(2)10-12-20-13-21(16-8-6-15(3)7-9-16)18-17(24(20,22)23)5-4-11-19-18/h4-9,11,14H,10,12-13H2,1-3H3. The second kappa shape index (κ2) is 6.53. The molecule has 0 radical (unpaired) electrons. The number of hydrogen-bond acceptors (Lipinski definition) is 4. The van der Waals surface area contributed by atoms with Crippen LogP contribution in [0, 0.1) is 12.8 Å². The van der Waals surface area contributed by atoms with Crippen molar-refractivity contribution in [2.75, 3.05) is 18.1 Å². The quantitative estimate of drug-likeness (QED) is 0.850. The predicted molar refractivity (Wildman–Crippen MR) is 95.8 cm³/mol. The Kier molecular flexibility index (Phi) is 4.60. The normalized spacial score (nSPS) is 17.1. The summed E-state index contributed by atoms with van der Waals surface area (Å²) in [6.07, 6.45) is 2.47. The number of nitrogens with zero attached hydrogens (tertiary/aromatic N) is 3. The average Bonchev–Trinajstić information content (AvgIpc) is 2.55. The van der Waals surface area contributed by atoms with Crippen LogP contribution in [0.5, 0.6) is 0 Å². The van der Waals surface area contributed by atoms with E-state index >= 15 is 0 Å². The first-order valence-corrected chi connectivity index (χ1v) is 9.63. The zero-order chi connectivity index (χ0) is 17.3. The van der Waals surface area contributed by atoms with E-state index in [2.05, 4.69) is 18.8 Å². The molecule has 2 heterocycles. The Bertz CT molecular complexity index is 816. The highest BCUT2D eigenvalue weighted by molar-refractivity contribution is 7.89. The molecule has 0 aliphatic carbocycles. The molecule has 0 amide bonds. The molecule has 3 rings (SSSR count). The molecule has 0 N–H and O–H groups in total. The Morgan fingerprint density at radius 3 is 2.54 bits per heavy atom. The molecule has 0 saturated carbocycles. The first kappa shape index (κ1) is 16.9. The number of sulfonamides is 1. The van der Waals surface area contributed by atoms with Gasteiger partial charge in [-0.1, -0.05) is 31.5 Å². The van der Waals surface area contributed by atoms with Gasteiger partial charge < -0.3 is 4.90 Å². The third-order valence-corrected chi connectivity index (χ3v) is 6.08. The van der Waals surface area contributed by atoms with E-state index in [0.717, 1.165) is 12.1 Å². The third kappa shape index (κ3) is 3.16. The van der Waals surface area contributed by atoms with E-state index in [1.54, 1.807) is 22.6 Å². The topological polar surface area (TPSA) is 53.5 Å². The van der Waals surface area contributed by atoms with E-state index in [1.165, 1.54) is 5.56 Å². The maximum absolute atomic E-state index is 12.9. The highest BCUT2D eigenvalue weighted by Gasteiger charge is 2.36. The molecule has 0 fully saturated rings. The van der Waals surface area contributed by atoms with E-state index in [0.29, 0.717) is 24.9 Å². The summed E-state index contributed by atoms with van der Waals surface area (Å²) in [7, 11) is -3.50. The van der Waals surface area contributed by atoms with Gasteiger partial charge in [0.05, 0.1) is 6.67 Å². The van der Waals surface area contributed by atoms with Gasteiger partial charge >= 0.3 is 0 Å². The molecule has 24 heavy (non-hydrogen) atoms. The maximum atomic E-state index is 12.9. The maximum Gasteiger partial charge on any atom is 0.248 e. The first-order chi connectivity index (χ1) is 11.4. The van der Waals surface area contributed by atoms with Crippen molar-refractivity contribution in [3.63, 3.8) is 0 Å². The summed E-state index contributed by atoms with van der Waals surface area (Å²) >= 11 is 0. The molecule has 1 aliphatic rings. The lowest BCUT2D eigenvalue weighted by Crippen LogP contribution is -2.45. The number of rotatable bonds is 4. The molecule has 0 unspecified atom stereocenters. The molecule has 128 valence electrons. The van der Waals surface area contributed by atoms with Crippen LogP contribution in [0.3, 0.4) is 0 Å². The third-order valence-electron chi connectivity index (χ3n) is 4.23. The van der Waals surface area contributed by atoms with Crippen LogP contribution in [0.15, 0.2) is 47.5 Å². The largest absolute Gasteiger partial charge is 0.311 e. The number of hydrogen-bond donors (Lipinski definition) is 0. The Morgan fingerprint density at radius 2 is 1.88 bits per heavy atom. The summed E-state index contributed by atoms with van der Waals surface area (Å²) in [5, 5.41) is 0. The molecule has 6 heteroatoms.